The van der Waals surface area contributed by atoms with Gasteiger partial charge < -0.3 is 20.5 Å². The van der Waals surface area contributed by atoms with Crippen LogP contribution in [-0.2, 0) is 11.3 Å². The molecule has 0 saturated carbocycles. The fraction of sp³-hybridized carbons (Fsp3) is 0.300. The number of aromatic nitrogens is 2. The first-order chi connectivity index (χ1) is 13.5. The Morgan fingerprint density at radius 1 is 1.21 bits per heavy atom. The van der Waals surface area contributed by atoms with Gasteiger partial charge in [-0.15, -0.1) is 0 Å². The fourth-order valence-electron chi connectivity index (χ4n) is 3.24. The van der Waals surface area contributed by atoms with E-state index < -0.39 is 6.04 Å². The Labute approximate surface area is 162 Å². The number of hydrogen-bond donors (Lipinski definition) is 3. The number of aryl methyl sites for hydroxylation is 1. The van der Waals surface area contributed by atoms with Crippen LogP contribution in [0.25, 0.3) is 0 Å². The summed E-state index contributed by atoms with van der Waals surface area (Å²) in [6.45, 7) is 4.50. The maximum Gasteiger partial charge on any atom is 0.319 e. The minimum Gasteiger partial charge on any atom is -0.352 e. The minimum absolute atomic E-state index is 0.0549. The zero-order chi connectivity index (χ0) is 20.1. The molecule has 0 radical (unpaired) electrons. The summed E-state index contributed by atoms with van der Waals surface area (Å²) < 4.78 is 1.68. The summed E-state index contributed by atoms with van der Waals surface area (Å²) in [5.41, 5.74) is 2.51. The Balaban J connectivity index is 1.67. The first-order valence-corrected chi connectivity index (χ1v) is 9.10. The predicted molar refractivity (Wildman–Crippen MR) is 104 cm³/mol. The van der Waals surface area contributed by atoms with Crippen LogP contribution in [0.3, 0.4) is 0 Å². The highest BCUT2D eigenvalue weighted by atomic mass is 16.2. The van der Waals surface area contributed by atoms with E-state index in [2.05, 4.69) is 20.9 Å². The number of carbonyl (C=O) groups excluding carboxylic acids is 2. The first-order valence-electron chi connectivity index (χ1n) is 9.10. The third-order valence-corrected chi connectivity index (χ3v) is 4.64. The lowest BCUT2D eigenvalue weighted by Gasteiger charge is -2.28. The van der Waals surface area contributed by atoms with Crippen molar-refractivity contribution in [2.24, 2.45) is 0 Å². The van der Waals surface area contributed by atoms with E-state index >= 15 is 0 Å². The largest absolute Gasteiger partial charge is 0.352 e. The van der Waals surface area contributed by atoms with Crippen molar-refractivity contribution in [3.05, 3.63) is 75.6 Å². The van der Waals surface area contributed by atoms with Gasteiger partial charge in [0.1, 0.15) is 0 Å². The molecule has 1 aliphatic heterocycles. The summed E-state index contributed by atoms with van der Waals surface area (Å²) in [5.74, 6) is -0.268. The molecule has 0 aromatic carbocycles. The van der Waals surface area contributed by atoms with Crippen LogP contribution in [0.4, 0.5) is 4.79 Å². The normalized spacial score (nSPS) is 16.4. The van der Waals surface area contributed by atoms with Crippen LogP contribution in [0, 0.1) is 6.92 Å². The summed E-state index contributed by atoms with van der Waals surface area (Å²) >= 11 is 0. The second kappa shape index (κ2) is 8.51. The Morgan fingerprint density at radius 3 is 2.75 bits per heavy atom. The van der Waals surface area contributed by atoms with Gasteiger partial charge in [-0.05, 0) is 38.0 Å². The third-order valence-electron chi connectivity index (χ3n) is 4.64. The van der Waals surface area contributed by atoms with Gasteiger partial charge in [0.05, 0.1) is 11.6 Å². The van der Waals surface area contributed by atoms with Gasteiger partial charge in [-0.2, -0.15) is 0 Å². The monoisotopic (exact) mass is 381 g/mol. The summed E-state index contributed by atoms with van der Waals surface area (Å²) in [6.07, 6.45) is 3.87. The SMILES string of the molecule is CC1=C(C(=O)NCCCn2c(C)cccc2=O)[C@@H](c2cccnc2)NC(=O)N1. The summed E-state index contributed by atoms with van der Waals surface area (Å²) in [5, 5.41) is 8.30. The Hall–Kier alpha value is -3.42. The molecule has 3 heterocycles. The van der Waals surface area contributed by atoms with Crippen molar-refractivity contribution in [3.8, 4) is 0 Å². The lowest BCUT2D eigenvalue weighted by atomic mass is 9.96. The molecule has 8 nitrogen and oxygen atoms in total. The summed E-state index contributed by atoms with van der Waals surface area (Å²) in [7, 11) is 0. The van der Waals surface area contributed by atoms with E-state index in [1.807, 2.05) is 19.1 Å². The molecular formula is C20H23N5O3. The molecule has 0 saturated heterocycles. The van der Waals surface area contributed by atoms with Crippen molar-refractivity contribution in [2.75, 3.05) is 6.54 Å². The van der Waals surface area contributed by atoms with Crippen LogP contribution < -0.4 is 21.5 Å². The summed E-state index contributed by atoms with van der Waals surface area (Å²) in [6, 6.07) is 7.78. The number of allylic oxidation sites excluding steroid dienone is 1. The van der Waals surface area contributed by atoms with E-state index in [1.54, 1.807) is 36.0 Å². The smallest absolute Gasteiger partial charge is 0.319 e. The number of nitrogens with one attached hydrogen (secondary N) is 3. The quantitative estimate of drug-likeness (QED) is 0.658. The molecule has 0 fully saturated rings. The zero-order valence-electron chi connectivity index (χ0n) is 15.9. The van der Waals surface area contributed by atoms with Crippen LogP contribution in [0.5, 0.6) is 0 Å². The maximum absolute atomic E-state index is 12.8. The van der Waals surface area contributed by atoms with Gasteiger partial charge in [-0.1, -0.05) is 12.1 Å². The Kier molecular flexibility index (Phi) is 5.88. The maximum atomic E-state index is 12.8. The van der Waals surface area contributed by atoms with Gasteiger partial charge in [0.15, 0.2) is 0 Å². The molecule has 3 rings (SSSR count). The van der Waals surface area contributed by atoms with Crippen molar-refractivity contribution < 1.29 is 9.59 Å². The second-order valence-corrected chi connectivity index (χ2v) is 6.62. The number of amides is 3. The van der Waals surface area contributed by atoms with E-state index in [9.17, 15) is 14.4 Å². The van der Waals surface area contributed by atoms with E-state index in [4.69, 9.17) is 0 Å². The number of urea groups is 1. The molecule has 1 atom stereocenters. The Bertz CT molecular complexity index is 965. The van der Waals surface area contributed by atoms with Gasteiger partial charge >= 0.3 is 6.03 Å². The lowest BCUT2D eigenvalue weighted by Crippen LogP contribution is -2.47. The number of carbonyl (C=O) groups is 2. The van der Waals surface area contributed by atoms with Gasteiger partial charge in [0.2, 0.25) is 0 Å². The third kappa shape index (κ3) is 4.28. The van der Waals surface area contributed by atoms with Gasteiger partial charge in [-0.3, -0.25) is 14.6 Å². The fourth-order valence-corrected chi connectivity index (χ4v) is 3.24. The first kappa shape index (κ1) is 19.3. The molecule has 2 aromatic rings. The van der Waals surface area contributed by atoms with Crippen LogP contribution in [0.2, 0.25) is 0 Å². The van der Waals surface area contributed by atoms with Gasteiger partial charge in [0, 0.05) is 42.9 Å². The van der Waals surface area contributed by atoms with Crippen LogP contribution in [0.1, 0.15) is 30.6 Å². The van der Waals surface area contributed by atoms with Crippen molar-refractivity contribution in [2.45, 2.75) is 32.9 Å². The van der Waals surface area contributed by atoms with Crippen molar-refractivity contribution >= 4 is 11.9 Å². The number of pyridine rings is 2. The highest BCUT2D eigenvalue weighted by Gasteiger charge is 2.30. The average molecular weight is 381 g/mol. The van der Waals surface area contributed by atoms with Gasteiger partial charge in [-0.25, -0.2) is 4.79 Å². The molecule has 8 heteroatoms. The van der Waals surface area contributed by atoms with E-state index in [0.29, 0.717) is 30.8 Å². The van der Waals surface area contributed by atoms with Crippen molar-refractivity contribution in [3.63, 3.8) is 0 Å². The molecule has 3 N–H and O–H groups in total. The highest BCUT2D eigenvalue weighted by molar-refractivity contribution is 5.98. The van der Waals surface area contributed by atoms with Crippen molar-refractivity contribution in [1.82, 2.24) is 25.5 Å². The predicted octanol–water partition coefficient (Wildman–Crippen LogP) is 1.39. The molecule has 28 heavy (non-hydrogen) atoms. The molecule has 1 aliphatic rings. The number of rotatable bonds is 6. The molecule has 0 aliphatic carbocycles. The van der Waals surface area contributed by atoms with Crippen LogP contribution in [-0.4, -0.2) is 28.0 Å². The molecule has 0 unspecified atom stereocenters. The molecular weight excluding hydrogens is 358 g/mol. The van der Waals surface area contributed by atoms with E-state index in [1.165, 1.54) is 6.07 Å². The molecule has 2 aromatic heterocycles. The van der Waals surface area contributed by atoms with Crippen LogP contribution in [0.15, 0.2) is 58.8 Å². The number of hydrogen-bond acceptors (Lipinski definition) is 4. The minimum atomic E-state index is -0.568. The average Bonchev–Trinajstić information content (AvgIpc) is 2.67. The van der Waals surface area contributed by atoms with Gasteiger partial charge in [0.25, 0.3) is 11.5 Å². The van der Waals surface area contributed by atoms with Crippen LogP contribution >= 0.6 is 0 Å². The second-order valence-electron chi connectivity index (χ2n) is 6.62. The molecule has 3 amide bonds. The molecule has 0 spiro atoms. The topological polar surface area (TPSA) is 105 Å². The summed E-state index contributed by atoms with van der Waals surface area (Å²) in [4.78, 5) is 40.6. The van der Waals surface area contributed by atoms with Crippen molar-refractivity contribution in [1.29, 1.82) is 0 Å². The Morgan fingerprint density at radius 2 is 2.04 bits per heavy atom. The van der Waals surface area contributed by atoms with E-state index in [0.717, 1.165) is 11.3 Å². The molecule has 0 bridgehead atoms. The zero-order valence-corrected chi connectivity index (χ0v) is 15.9. The van der Waals surface area contributed by atoms with E-state index in [-0.39, 0.29) is 17.5 Å². The lowest BCUT2D eigenvalue weighted by molar-refractivity contribution is -0.117. The standard InChI is InChI=1S/C20H23N5O3/c1-13-6-3-8-16(26)25(13)11-5-10-22-19(27)17-14(2)23-20(28)24-18(17)15-7-4-9-21-12-15/h3-4,6-9,12,18H,5,10-11H2,1-2H3,(H,22,27)(H2,23,24,28)/t18-/m1/s1. The molecule has 146 valence electrons. The highest BCUT2D eigenvalue weighted by Crippen LogP contribution is 2.25. The number of nitrogens with zero attached hydrogens (tertiary/aromatic N) is 2.